The molecule has 3 aromatic rings. The van der Waals surface area contributed by atoms with Gasteiger partial charge in [-0.2, -0.15) is 4.80 Å². The topological polar surface area (TPSA) is 73.1 Å². The molecule has 0 saturated heterocycles. The number of benzene rings is 2. The van der Waals surface area contributed by atoms with Crippen molar-refractivity contribution >= 4 is 11.6 Å². The van der Waals surface area contributed by atoms with Gasteiger partial charge < -0.3 is 9.64 Å². The van der Waals surface area contributed by atoms with Crippen LogP contribution in [0.3, 0.4) is 0 Å². The Hall–Kier alpha value is -3.22. The molecular formula is C19H19N5O2. The molecule has 0 spiro atoms. The summed E-state index contributed by atoms with van der Waals surface area (Å²) in [7, 11) is 0. The van der Waals surface area contributed by atoms with Gasteiger partial charge in [0.25, 0.3) is 5.91 Å². The van der Waals surface area contributed by atoms with Gasteiger partial charge in [-0.05, 0) is 42.3 Å². The molecule has 0 bridgehead atoms. The molecule has 7 nitrogen and oxygen atoms in total. The number of rotatable bonds is 5. The molecule has 0 fully saturated rings. The summed E-state index contributed by atoms with van der Waals surface area (Å²) in [4.78, 5) is 15.9. The van der Waals surface area contributed by atoms with Crippen molar-refractivity contribution in [3.05, 3.63) is 66.0 Å². The molecule has 7 heteroatoms. The molecule has 4 rings (SSSR count). The Morgan fingerprint density at radius 2 is 1.92 bits per heavy atom. The van der Waals surface area contributed by atoms with Crippen LogP contribution in [0, 0.1) is 0 Å². The molecule has 0 aliphatic carbocycles. The van der Waals surface area contributed by atoms with E-state index in [1.165, 1.54) is 10.4 Å². The van der Waals surface area contributed by atoms with E-state index in [-0.39, 0.29) is 25.1 Å². The maximum absolute atomic E-state index is 12.7. The predicted molar refractivity (Wildman–Crippen MR) is 95.7 cm³/mol. The predicted octanol–water partition coefficient (Wildman–Crippen LogP) is 2.23. The van der Waals surface area contributed by atoms with E-state index in [0.717, 1.165) is 17.9 Å². The van der Waals surface area contributed by atoms with Crippen LogP contribution in [0.25, 0.3) is 0 Å². The number of hydrogen-bond acceptors (Lipinski definition) is 5. The molecule has 1 aliphatic rings. The molecule has 2 heterocycles. The van der Waals surface area contributed by atoms with Crippen LogP contribution in [0.15, 0.2) is 54.6 Å². The van der Waals surface area contributed by atoms with Crippen LogP contribution in [0.1, 0.15) is 18.3 Å². The van der Waals surface area contributed by atoms with E-state index in [9.17, 15) is 4.79 Å². The van der Waals surface area contributed by atoms with Crippen molar-refractivity contribution in [2.24, 2.45) is 0 Å². The van der Waals surface area contributed by atoms with Crippen molar-refractivity contribution in [3.8, 4) is 5.75 Å². The van der Waals surface area contributed by atoms with Gasteiger partial charge >= 0.3 is 0 Å². The fourth-order valence-corrected chi connectivity index (χ4v) is 3.21. The lowest BCUT2D eigenvalue weighted by molar-refractivity contribution is -0.119. The maximum Gasteiger partial charge on any atom is 0.250 e. The minimum Gasteiger partial charge on any atom is -0.485 e. The van der Waals surface area contributed by atoms with E-state index in [1.54, 1.807) is 0 Å². The molecule has 1 aliphatic heterocycles. The second-order valence-corrected chi connectivity index (χ2v) is 6.28. The van der Waals surface area contributed by atoms with E-state index >= 15 is 0 Å². The van der Waals surface area contributed by atoms with Gasteiger partial charge in [-0.25, -0.2) is 0 Å². The van der Waals surface area contributed by atoms with Gasteiger partial charge in [-0.1, -0.05) is 36.4 Å². The summed E-state index contributed by atoms with van der Waals surface area (Å²) in [5, 5.41) is 12.2. The number of tetrazole rings is 1. The van der Waals surface area contributed by atoms with Gasteiger partial charge in [0.1, 0.15) is 12.3 Å². The average molecular weight is 349 g/mol. The molecule has 0 unspecified atom stereocenters. The van der Waals surface area contributed by atoms with Crippen LogP contribution in [0.5, 0.6) is 5.75 Å². The third kappa shape index (κ3) is 3.28. The van der Waals surface area contributed by atoms with E-state index < -0.39 is 0 Å². The number of hydrogen-bond donors (Lipinski definition) is 0. The van der Waals surface area contributed by atoms with Gasteiger partial charge in [-0.3, -0.25) is 4.79 Å². The van der Waals surface area contributed by atoms with Crippen LogP contribution in [-0.4, -0.2) is 32.2 Å². The number of carbonyl (C=O) groups is 1. The largest absolute Gasteiger partial charge is 0.485 e. The van der Waals surface area contributed by atoms with Crippen molar-refractivity contribution in [1.29, 1.82) is 0 Å². The van der Waals surface area contributed by atoms with Crippen LogP contribution in [0.2, 0.25) is 0 Å². The summed E-state index contributed by atoms with van der Waals surface area (Å²) in [5.41, 5.74) is 2.16. The highest BCUT2D eigenvalue weighted by molar-refractivity contribution is 5.95. The molecule has 0 N–H and O–H groups in total. The van der Waals surface area contributed by atoms with Crippen molar-refractivity contribution in [2.45, 2.75) is 32.5 Å². The lowest BCUT2D eigenvalue weighted by atomic mass is 10.1. The minimum absolute atomic E-state index is 0.0459. The van der Waals surface area contributed by atoms with Crippen molar-refractivity contribution in [3.63, 3.8) is 0 Å². The smallest absolute Gasteiger partial charge is 0.250 e. The summed E-state index contributed by atoms with van der Waals surface area (Å²) >= 11 is 0. The molecule has 0 saturated carbocycles. The zero-order valence-electron chi connectivity index (χ0n) is 14.4. The normalized spacial score (nSPS) is 15.7. The second-order valence-electron chi connectivity index (χ2n) is 6.28. The summed E-state index contributed by atoms with van der Waals surface area (Å²) < 4.78 is 5.60. The fourth-order valence-electron chi connectivity index (χ4n) is 3.21. The van der Waals surface area contributed by atoms with E-state index in [2.05, 4.69) is 21.5 Å². The number of amides is 1. The van der Waals surface area contributed by atoms with E-state index in [4.69, 9.17) is 4.74 Å². The number of ether oxygens (including phenoxy) is 1. The monoisotopic (exact) mass is 349 g/mol. The Balaban J connectivity index is 1.40. The van der Waals surface area contributed by atoms with Gasteiger partial charge in [-0.15, -0.1) is 10.2 Å². The van der Waals surface area contributed by atoms with Crippen molar-refractivity contribution in [2.75, 3.05) is 4.90 Å². The average Bonchev–Trinajstić information content (AvgIpc) is 3.23. The molecule has 1 aromatic heterocycles. The number of para-hydroxylation sites is 2. The molecule has 2 aromatic carbocycles. The summed E-state index contributed by atoms with van der Waals surface area (Å²) in [6.07, 6.45) is 0.864. The molecule has 26 heavy (non-hydrogen) atoms. The highest BCUT2D eigenvalue weighted by Gasteiger charge is 2.30. The quantitative estimate of drug-likeness (QED) is 0.706. The Morgan fingerprint density at radius 1 is 1.15 bits per heavy atom. The number of anilines is 1. The zero-order valence-corrected chi connectivity index (χ0v) is 14.4. The van der Waals surface area contributed by atoms with Crippen LogP contribution in [-0.2, 0) is 24.4 Å². The van der Waals surface area contributed by atoms with Crippen molar-refractivity contribution in [1.82, 2.24) is 20.2 Å². The SMILES string of the molecule is C[C@H]1Cc2ccccc2N1C(=O)Cn1nnc(COc2ccccc2)n1. The molecule has 0 radical (unpaired) electrons. The summed E-state index contributed by atoms with van der Waals surface area (Å²) in [6, 6.07) is 17.5. The van der Waals surface area contributed by atoms with Crippen LogP contribution >= 0.6 is 0 Å². The number of carbonyl (C=O) groups excluding carboxylic acids is 1. The Morgan fingerprint density at radius 3 is 2.77 bits per heavy atom. The van der Waals surface area contributed by atoms with Gasteiger partial charge in [0.2, 0.25) is 5.82 Å². The van der Waals surface area contributed by atoms with Crippen LogP contribution < -0.4 is 9.64 Å². The number of fused-ring (bicyclic) bond motifs is 1. The fraction of sp³-hybridized carbons (Fsp3) is 0.263. The summed E-state index contributed by atoms with van der Waals surface area (Å²) in [5.74, 6) is 1.13. The lowest BCUT2D eigenvalue weighted by Gasteiger charge is -2.22. The van der Waals surface area contributed by atoms with E-state index in [0.29, 0.717) is 5.82 Å². The maximum atomic E-state index is 12.7. The first-order valence-electron chi connectivity index (χ1n) is 8.55. The Bertz CT molecular complexity index is 909. The van der Waals surface area contributed by atoms with Crippen LogP contribution in [0.4, 0.5) is 5.69 Å². The number of nitrogens with zero attached hydrogens (tertiary/aromatic N) is 5. The second kappa shape index (κ2) is 6.95. The third-order valence-electron chi connectivity index (χ3n) is 4.36. The molecular weight excluding hydrogens is 330 g/mol. The van der Waals surface area contributed by atoms with Crippen molar-refractivity contribution < 1.29 is 9.53 Å². The Kier molecular flexibility index (Phi) is 4.35. The highest BCUT2D eigenvalue weighted by atomic mass is 16.5. The molecule has 132 valence electrons. The zero-order chi connectivity index (χ0) is 17.9. The molecule has 1 atom stereocenters. The third-order valence-corrected chi connectivity index (χ3v) is 4.36. The van der Waals surface area contributed by atoms with E-state index in [1.807, 2.05) is 60.4 Å². The first kappa shape index (κ1) is 16.3. The lowest BCUT2D eigenvalue weighted by Crippen LogP contribution is -2.38. The standard InChI is InChI=1S/C19H19N5O2/c1-14-11-15-7-5-6-10-17(15)24(14)19(25)12-23-21-18(20-22-23)13-26-16-8-3-2-4-9-16/h2-10,14H,11-13H2,1H3/t14-/m0/s1. The molecule has 1 amide bonds. The highest BCUT2D eigenvalue weighted by Crippen LogP contribution is 2.31. The first-order chi connectivity index (χ1) is 12.7. The Labute approximate surface area is 151 Å². The van der Waals surface area contributed by atoms with Gasteiger partial charge in [0.15, 0.2) is 6.61 Å². The summed E-state index contributed by atoms with van der Waals surface area (Å²) in [6.45, 7) is 2.31. The van der Waals surface area contributed by atoms with Gasteiger partial charge in [0.05, 0.1) is 0 Å². The minimum atomic E-state index is -0.0459. The number of aromatic nitrogens is 4. The van der Waals surface area contributed by atoms with Gasteiger partial charge in [0, 0.05) is 11.7 Å². The first-order valence-corrected chi connectivity index (χ1v) is 8.55.